The molecule has 7 heteroatoms. The lowest BCUT2D eigenvalue weighted by atomic mass is 9.64. The molecule has 2 amide bonds. The molecule has 0 radical (unpaired) electrons. The number of carbonyl (C=O) groups is 3. The first-order valence-corrected chi connectivity index (χ1v) is 9.81. The van der Waals surface area contributed by atoms with Gasteiger partial charge in [0.2, 0.25) is 11.8 Å². The monoisotopic (exact) mass is 390 g/mol. The Labute approximate surface area is 164 Å². The van der Waals surface area contributed by atoms with Crippen molar-refractivity contribution in [3.8, 4) is 0 Å². The fraction of sp³-hybridized carbons (Fsp3) is 0.571. The minimum Gasteiger partial charge on any atom is -0.481 e. The van der Waals surface area contributed by atoms with Gasteiger partial charge in [0.25, 0.3) is 0 Å². The molecule has 1 saturated heterocycles. The van der Waals surface area contributed by atoms with Crippen molar-refractivity contribution in [3.63, 3.8) is 0 Å². The van der Waals surface area contributed by atoms with Gasteiger partial charge in [0, 0.05) is 20.1 Å². The highest BCUT2D eigenvalue weighted by molar-refractivity contribution is 5.89. The molecule has 6 nitrogen and oxygen atoms in total. The van der Waals surface area contributed by atoms with Gasteiger partial charge in [-0.2, -0.15) is 0 Å². The quantitative estimate of drug-likeness (QED) is 0.809. The average Bonchev–Trinajstić information content (AvgIpc) is 2.64. The van der Waals surface area contributed by atoms with Gasteiger partial charge < -0.3 is 14.9 Å². The van der Waals surface area contributed by atoms with Gasteiger partial charge in [0.05, 0.1) is 17.9 Å². The summed E-state index contributed by atoms with van der Waals surface area (Å²) in [6, 6.07) is 6.30. The molecule has 1 saturated carbocycles. The first-order valence-electron chi connectivity index (χ1n) is 9.81. The van der Waals surface area contributed by atoms with E-state index < -0.39 is 17.3 Å². The van der Waals surface area contributed by atoms with Crippen molar-refractivity contribution in [2.45, 2.75) is 38.5 Å². The molecule has 1 aromatic rings. The number of rotatable bonds is 6. The van der Waals surface area contributed by atoms with Gasteiger partial charge in [0.15, 0.2) is 0 Å². The number of carbonyl (C=O) groups excluding carboxylic acids is 2. The second-order valence-electron chi connectivity index (χ2n) is 8.12. The van der Waals surface area contributed by atoms with Gasteiger partial charge in [-0.05, 0) is 49.8 Å². The molecule has 152 valence electrons. The van der Waals surface area contributed by atoms with E-state index >= 15 is 0 Å². The van der Waals surface area contributed by atoms with Crippen molar-refractivity contribution >= 4 is 17.8 Å². The Morgan fingerprint density at radius 3 is 2.64 bits per heavy atom. The number of carboxylic acid groups (broad SMARTS) is 1. The largest absolute Gasteiger partial charge is 0.481 e. The lowest BCUT2D eigenvalue weighted by Gasteiger charge is -2.43. The zero-order chi connectivity index (χ0) is 20.3. The molecule has 1 heterocycles. The summed E-state index contributed by atoms with van der Waals surface area (Å²) in [5.74, 6) is -2.05. The Kier molecular flexibility index (Phi) is 6.01. The summed E-state index contributed by atoms with van der Waals surface area (Å²) in [6.07, 6.45) is 4.09. The Morgan fingerprint density at radius 2 is 2.04 bits per heavy atom. The van der Waals surface area contributed by atoms with E-state index in [1.54, 1.807) is 18.0 Å². The van der Waals surface area contributed by atoms with Crippen molar-refractivity contribution in [1.82, 2.24) is 9.80 Å². The minimum atomic E-state index is -0.884. The van der Waals surface area contributed by atoms with Gasteiger partial charge in [0.1, 0.15) is 5.82 Å². The zero-order valence-corrected chi connectivity index (χ0v) is 16.2. The molecule has 2 aliphatic rings. The summed E-state index contributed by atoms with van der Waals surface area (Å²) in [6.45, 7) is 0.666. The molecule has 1 atom stereocenters. The molecule has 2 fully saturated rings. The lowest BCUT2D eigenvalue weighted by Crippen LogP contribution is -2.52. The molecule has 0 spiro atoms. The number of hydrogen-bond donors (Lipinski definition) is 1. The fourth-order valence-corrected chi connectivity index (χ4v) is 4.29. The molecule has 0 bridgehead atoms. The number of hydrogen-bond acceptors (Lipinski definition) is 3. The Balaban J connectivity index is 1.62. The van der Waals surface area contributed by atoms with Crippen molar-refractivity contribution < 1.29 is 23.9 Å². The number of amides is 2. The maximum atomic E-state index is 13.5. The Morgan fingerprint density at radius 1 is 1.29 bits per heavy atom. The van der Waals surface area contributed by atoms with Crippen LogP contribution in [0.3, 0.4) is 0 Å². The van der Waals surface area contributed by atoms with E-state index in [1.165, 1.54) is 17.0 Å². The average molecular weight is 390 g/mol. The van der Waals surface area contributed by atoms with E-state index in [-0.39, 0.29) is 30.7 Å². The van der Waals surface area contributed by atoms with Crippen LogP contribution < -0.4 is 0 Å². The molecular weight excluding hydrogens is 363 g/mol. The van der Waals surface area contributed by atoms with Crippen LogP contribution in [0, 0.1) is 17.2 Å². The maximum absolute atomic E-state index is 13.5. The topological polar surface area (TPSA) is 77.9 Å². The summed E-state index contributed by atoms with van der Waals surface area (Å²) < 4.78 is 13.5. The van der Waals surface area contributed by atoms with Crippen LogP contribution in [-0.2, 0) is 20.8 Å². The third-order valence-corrected chi connectivity index (χ3v) is 6.04. The third-order valence-electron chi connectivity index (χ3n) is 6.04. The number of piperidine rings is 1. The Hall–Kier alpha value is -2.44. The predicted molar refractivity (Wildman–Crippen MR) is 101 cm³/mol. The second kappa shape index (κ2) is 8.29. The zero-order valence-electron chi connectivity index (χ0n) is 16.2. The summed E-state index contributed by atoms with van der Waals surface area (Å²) in [5, 5.41) is 9.18. The fourth-order valence-electron chi connectivity index (χ4n) is 4.29. The number of halogens is 1. The van der Waals surface area contributed by atoms with Crippen molar-refractivity contribution in [2.75, 3.05) is 26.7 Å². The molecule has 1 aliphatic carbocycles. The van der Waals surface area contributed by atoms with E-state index in [1.807, 2.05) is 6.07 Å². The second-order valence-corrected chi connectivity index (χ2v) is 8.12. The van der Waals surface area contributed by atoms with Crippen molar-refractivity contribution in [3.05, 3.63) is 35.6 Å². The van der Waals surface area contributed by atoms with Gasteiger partial charge in [-0.1, -0.05) is 18.6 Å². The number of likely N-dealkylation sites (tertiary alicyclic amines) is 1. The molecule has 3 rings (SSSR count). The van der Waals surface area contributed by atoms with Crippen LogP contribution in [0.2, 0.25) is 0 Å². The minimum absolute atomic E-state index is 0.0595. The van der Waals surface area contributed by atoms with Gasteiger partial charge in [-0.3, -0.25) is 14.4 Å². The van der Waals surface area contributed by atoms with Crippen LogP contribution >= 0.6 is 0 Å². The highest BCUT2D eigenvalue weighted by atomic mass is 19.1. The standard InChI is InChI=1S/C21H27FN2O4/c1-23(14-18(25)24-10-3-6-16(13-24)19(26)27)20(28)21(8-4-9-21)12-15-5-2-7-17(22)11-15/h2,5,7,11,16H,3-4,6,8-10,12-14H2,1H3,(H,26,27). The number of benzene rings is 1. The van der Waals surface area contributed by atoms with Gasteiger partial charge in [-0.15, -0.1) is 0 Å². The molecule has 0 aromatic heterocycles. The van der Waals surface area contributed by atoms with Gasteiger partial charge in [-0.25, -0.2) is 4.39 Å². The SMILES string of the molecule is CN(CC(=O)N1CCCC(C(=O)O)C1)C(=O)C1(Cc2cccc(F)c2)CCC1. The van der Waals surface area contributed by atoms with Crippen LogP contribution in [0.1, 0.15) is 37.7 Å². The normalized spacial score (nSPS) is 20.9. The molecule has 1 aliphatic heterocycles. The van der Waals surface area contributed by atoms with Crippen LogP contribution in [0.25, 0.3) is 0 Å². The summed E-state index contributed by atoms with van der Waals surface area (Å²) >= 11 is 0. The highest BCUT2D eigenvalue weighted by Crippen LogP contribution is 2.45. The number of likely N-dealkylation sites (N-methyl/N-ethyl adjacent to an activating group) is 1. The first-order chi connectivity index (χ1) is 13.3. The van der Waals surface area contributed by atoms with Crippen molar-refractivity contribution in [1.29, 1.82) is 0 Å². The highest BCUT2D eigenvalue weighted by Gasteiger charge is 2.46. The number of carboxylic acids is 1. The summed E-state index contributed by atoms with van der Waals surface area (Å²) in [4.78, 5) is 39.9. The third kappa shape index (κ3) is 4.34. The number of aliphatic carboxylic acids is 1. The molecule has 1 N–H and O–H groups in total. The van der Waals surface area contributed by atoms with Crippen LogP contribution in [0.4, 0.5) is 4.39 Å². The van der Waals surface area contributed by atoms with Crippen molar-refractivity contribution in [2.24, 2.45) is 11.3 Å². The first kappa shape index (κ1) is 20.3. The molecule has 1 aromatic carbocycles. The van der Waals surface area contributed by atoms with Gasteiger partial charge >= 0.3 is 5.97 Å². The number of nitrogens with zero attached hydrogens (tertiary/aromatic N) is 2. The lowest BCUT2D eigenvalue weighted by molar-refractivity contribution is -0.152. The van der Waals surface area contributed by atoms with Crippen LogP contribution in [0.5, 0.6) is 0 Å². The van der Waals surface area contributed by atoms with E-state index in [2.05, 4.69) is 0 Å². The molecular formula is C21H27FN2O4. The summed E-state index contributed by atoms with van der Waals surface area (Å²) in [7, 11) is 1.62. The summed E-state index contributed by atoms with van der Waals surface area (Å²) in [5.41, 5.74) is 0.210. The van der Waals surface area contributed by atoms with Crippen LogP contribution in [0.15, 0.2) is 24.3 Å². The predicted octanol–water partition coefficient (Wildman–Crippen LogP) is 2.32. The van der Waals surface area contributed by atoms with E-state index in [0.29, 0.717) is 25.8 Å². The van der Waals surface area contributed by atoms with Crippen LogP contribution in [-0.4, -0.2) is 59.4 Å². The smallest absolute Gasteiger partial charge is 0.308 e. The molecule has 1 unspecified atom stereocenters. The van der Waals surface area contributed by atoms with E-state index in [0.717, 1.165) is 24.8 Å². The molecule has 28 heavy (non-hydrogen) atoms. The van der Waals surface area contributed by atoms with E-state index in [9.17, 15) is 23.9 Å². The van der Waals surface area contributed by atoms with E-state index in [4.69, 9.17) is 0 Å². The Bertz CT molecular complexity index is 763. The maximum Gasteiger partial charge on any atom is 0.308 e.